The van der Waals surface area contributed by atoms with E-state index in [0.717, 1.165) is 15.3 Å². The largest absolute Gasteiger partial charge is 0.495 e. The van der Waals surface area contributed by atoms with Crippen LogP contribution < -0.4 is 9.46 Å². The number of aliphatic hydroxyl groups excluding tert-OH is 1. The van der Waals surface area contributed by atoms with E-state index in [0.29, 0.717) is 5.75 Å². The third kappa shape index (κ3) is 4.28. The van der Waals surface area contributed by atoms with E-state index in [1.165, 1.54) is 48.0 Å². The molecule has 0 saturated heterocycles. The Balaban J connectivity index is 1.69. The number of thiophene rings is 2. The molecule has 0 aliphatic rings. The average molecular weight is 430 g/mol. The highest BCUT2D eigenvalue weighted by molar-refractivity contribution is 7.89. The van der Waals surface area contributed by atoms with Crippen molar-refractivity contribution in [2.45, 2.75) is 17.5 Å². The molecule has 0 radical (unpaired) electrons. The molecule has 9 heteroatoms. The van der Waals surface area contributed by atoms with Crippen molar-refractivity contribution in [1.29, 1.82) is 0 Å². The second-order valence-electron chi connectivity index (χ2n) is 5.38. The first-order valence-corrected chi connectivity index (χ1v) is 11.1. The molecule has 0 bridgehead atoms. The maximum absolute atomic E-state index is 12.4. The highest BCUT2D eigenvalue weighted by atomic mass is 35.5. The van der Waals surface area contributed by atoms with E-state index in [2.05, 4.69) is 4.72 Å². The van der Waals surface area contributed by atoms with Gasteiger partial charge in [0.15, 0.2) is 0 Å². The predicted octanol–water partition coefficient (Wildman–Crippen LogP) is 4.03. The molecule has 1 aromatic carbocycles. The van der Waals surface area contributed by atoms with E-state index in [-0.39, 0.29) is 16.5 Å². The fourth-order valence-corrected chi connectivity index (χ4v) is 5.39. The molecule has 3 aromatic rings. The van der Waals surface area contributed by atoms with E-state index >= 15 is 0 Å². The first-order chi connectivity index (χ1) is 12.4. The minimum absolute atomic E-state index is 0.0680. The van der Waals surface area contributed by atoms with Gasteiger partial charge in [-0.2, -0.15) is 11.3 Å². The molecular formula is C17H16ClNO4S3. The summed E-state index contributed by atoms with van der Waals surface area (Å²) in [4.78, 5) is 1.64. The van der Waals surface area contributed by atoms with Crippen LogP contribution in [0.3, 0.4) is 0 Å². The van der Waals surface area contributed by atoms with Gasteiger partial charge in [-0.25, -0.2) is 13.1 Å². The van der Waals surface area contributed by atoms with Gasteiger partial charge >= 0.3 is 0 Å². The second kappa shape index (κ2) is 8.08. The van der Waals surface area contributed by atoms with Crippen LogP contribution in [-0.4, -0.2) is 20.6 Å². The van der Waals surface area contributed by atoms with Gasteiger partial charge in [0, 0.05) is 16.3 Å². The first-order valence-electron chi connectivity index (χ1n) is 7.52. The normalized spacial score (nSPS) is 12.9. The Hall–Kier alpha value is -1.42. The number of aliphatic hydroxyl groups is 1. The van der Waals surface area contributed by atoms with Gasteiger partial charge in [-0.05, 0) is 52.7 Å². The number of benzene rings is 1. The van der Waals surface area contributed by atoms with Gasteiger partial charge in [-0.1, -0.05) is 11.6 Å². The van der Waals surface area contributed by atoms with Gasteiger partial charge in [0.25, 0.3) is 0 Å². The zero-order chi connectivity index (χ0) is 18.7. The Labute approximate surface area is 164 Å². The highest BCUT2D eigenvalue weighted by Crippen LogP contribution is 2.30. The van der Waals surface area contributed by atoms with Crippen LogP contribution in [0.25, 0.3) is 0 Å². The first kappa shape index (κ1) is 19.3. The summed E-state index contributed by atoms with van der Waals surface area (Å²) in [5.41, 5.74) is 0.830. The zero-order valence-electron chi connectivity index (χ0n) is 13.7. The molecule has 0 amide bonds. The fraction of sp³-hybridized carbons (Fsp3) is 0.176. The van der Waals surface area contributed by atoms with Crippen LogP contribution in [0.4, 0.5) is 0 Å². The molecule has 26 heavy (non-hydrogen) atoms. The number of halogens is 1. The molecule has 0 unspecified atom stereocenters. The van der Waals surface area contributed by atoms with Crippen molar-refractivity contribution in [2.24, 2.45) is 0 Å². The number of ether oxygens (including phenoxy) is 1. The van der Waals surface area contributed by atoms with Gasteiger partial charge in [0.1, 0.15) is 11.9 Å². The predicted molar refractivity (Wildman–Crippen MR) is 105 cm³/mol. The molecule has 138 valence electrons. The summed E-state index contributed by atoms with van der Waals surface area (Å²) in [5, 5.41) is 14.4. The van der Waals surface area contributed by atoms with E-state index in [1.54, 1.807) is 12.1 Å². The smallest absolute Gasteiger partial charge is 0.240 e. The van der Waals surface area contributed by atoms with Crippen molar-refractivity contribution in [2.75, 3.05) is 7.11 Å². The molecule has 2 N–H and O–H groups in total. The topological polar surface area (TPSA) is 75.6 Å². The Bertz CT molecular complexity index is 983. The molecule has 0 fully saturated rings. The molecule has 2 heterocycles. The lowest BCUT2D eigenvalue weighted by atomic mass is 10.2. The fourth-order valence-electron chi connectivity index (χ4n) is 2.30. The Morgan fingerprint density at radius 2 is 2.08 bits per heavy atom. The second-order valence-corrected chi connectivity index (χ2v) is 9.54. The van der Waals surface area contributed by atoms with E-state index < -0.39 is 16.1 Å². The van der Waals surface area contributed by atoms with E-state index in [1.807, 2.05) is 16.8 Å². The molecule has 0 aliphatic carbocycles. The number of hydrogen-bond donors (Lipinski definition) is 2. The summed E-state index contributed by atoms with van der Waals surface area (Å²) in [6.45, 7) is 0.132. The van der Waals surface area contributed by atoms with Crippen molar-refractivity contribution in [3.63, 3.8) is 0 Å². The van der Waals surface area contributed by atoms with Gasteiger partial charge in [-0.15, -0.1) is 11.3 Å². The summed E-state index contributed by atoms with van der Waals surface area (Å²) in [6.07, 6.45) is -0.697. The van der Waals surface area contributed by atoms with Crippen molar-refractivity contribution in [3.8, 4) is 5.75 Å². The van der Waals surface area contributed by atoms with Crippen LogP contribution in [0.5, 0.6) is 5.75 Å². The Morgan fingerprint density at radius 1 is 1.27 bits per heavy atom. The van der Waals surface area contributed by atoms with Crippen molar-refractivity contribution < 1.29 is 18.3 Å². The maximum Gasteiger partial charge on any atom is 0.240 e. The lowest BCUT2D eigenvalue weighted by Crippen LogP contribution is -2.22. The summed E-state index contributed by atoms with van der Waals surface area (Å²) >= 11 is 8.88. The number of methoxy groups -OCH3 is 1. The summed E-state index contributed by atoms with van der Waals surface area (Å²) < 4.78 is 32.4. The molecule has 0 aliphatic heterocycles. The van der Waals surface area contributed by atoms with E-state index in [4.69, 9.17) is 16.3 Å². The van der Waals surface area contributed by atoms with E-state index in [9.17, 15) is 13.5 Å². The molecule has 0 saturated carbocycles. The molecule has 1 atom stereocenters. The molecule has 2 aromatic heterocycles. The minimum Gasteiger partial charge on any atom is -0.495 e. The Kier molecular flexibility index (Phi) is 6.01. The van der Waals surface area contributed by atoms with Crippen molar-refractivity contribution >= 4 is 44.3 Å². The molecule has 0 spiro atoms. The van der Waals surface area contributed by atoms with Gasteiger partial charge < -0.3 is 9.84 Å². The van der Waals surface area contributed by atoms with Crippen molar-refractivity contribution in [1.82, 2.24) is 4.72 Å². The summed E-state index contributed by atoms with van der Waals surface area (Å²) in [5.74, 6) is 0.413. The molecular weight excluding hydrogens is 414 g/mol. The lowest BCUT2D eigenvalue weighted by molar-refractivity contribution is 0.224. The minimum atomic E-state index is -3.70. The highest BCUT2D eigenvalue weighted by Gasteiger charge is 2.18. The standard InChI is InChI=1S/C17H16ClNO4S3/c1-23-15-4-3-13(8-14(15)18)26(21,22)19-9-12-2-5-16(25-12)17(20)11-6-7-24-10-11/h2-8,10,17,19-20H,9H2,1H3/t17-/m0/s1. The number of rotatable bonds is 7. The Morgan fingerprint density at radius 3 is 2.73 bits per heavy atom. The average Bonchev–Trinajstić information content (AvgIpc) is 3.31. The van der Waals surface area contributed by atoms with Crippen LogP contribution in [0, 0.1) is 0 Å². The van der Waals surface area contributed by atoms with Crippen LogP contribution in [-0.2, 0) is 16.6 Å². The monoisotopic (exact) mass is 429 g/mol. The summed E-state index contributed by atoms with van der Waals surface area (Å²) in [7, 11) is -2.24. The number of nitrogens with one attached hydrogen (secondary N) is 1. The lowest BCUT2D eigenvalue weighted by Gasteiger charge is -2.08. The van der Waals surface area contributed by atoms with Crippen LogP contribution in [0.2, 0.25) is 5.02 Å². The molecule has 5 nitrogen and oxygen atoms in total. The molecule has 3 rings (SSSR count). The van der Waals surface area contributed by atoms with Crippen LogP contribution in [0.15, 0.2) is 52.1 Å². The van der Waals surface area contributed by atoms with Crippen molar-refractivity contribution in [3.05, 3.63) is 67.5 Å². The zero-order valence-corrected chi connectivity index (χ0v) is 16.9. The number of sulfonamides is 1. The van der Waals surface area contributed by atoms with Gasteiger partial charge in [0.05, 0.1) is 17.0 Å². The SMILES string of the molecule is COc1ccc(S(=O)(=O)NCc2ccc([C@@H](O)c3ccsc3)s2)cc1Cl. The van der Waals surface area contributed by atoms with Crippen LogP contribution >= 0.6 is 34.3 Å². The van der Waals surface area contributed by atoms with Gasteiger partial charge in [-0.3, -0.25) is 0 Å². The van der Waals surface area contributed by atoms with Crippen LogP contribution in [0.1, 0.15) is 21.4 Å². The third-order valence-electron chi connectivity index (χ3n) is 3.68. The third-order valence-corrected chi connectivity index (χ3v) is 7.21. The maximum atomic E-state index is 12.4. The quantitative estimate of drug-likeness (QED) is 0.594. The number of hydrogen-bond acceptors (Lipinski definition) is 6. The summed E-state index contributed by atoms with van der Waals surface area (Å²) in [6, 6.07) is 9.78. The van der Waals surface area contributed by atoms with Gasteiger partial charge in [0.2, 0.25) is 10.0 Å².